The molecule has 0 aliphatic carbocycles. The summed E-state index contributed by atoms with van der Waals surface area (Å²) in [6, 6.07) is 9.98. The number of carbonyl (C=O) groups is 1. The zero-order valence-electron chi connectivity index (χ0n) is 12.4. The molecule has 0 radical (unpaired) electrons. The third-order valence-corrected chi connectivity index (χ3v) is 3.67. The van der Waals surface area contributed by atoms with Gasteiger partial charge in [0.2, 0.25) is 0 Å². The van der Waals surface area contributed by atoms with Crippen LogP contribution in [0.3, 0.4) is 0 Å². The average Bonchev–Trinajstić information content (AvgIpc) is 2.48. The molecule has 0 aliphatic rings. The molecule has 0 amide bonds. The predicted octanol–water partition coefficient (Wildman–Crippen LogP) is 4.79. The molecule has 116 valence electrons. The van der Waals surface area contributed by atoms with Gasteiger partial charge in [0, 0.05) is 6.42 Å². The van der Waals surface area contributed by atoms with Crippen LogP contribution in [-0.4, -0.2) is 5.97 Å². The first-order chi connectivity index (χ1) is 10.5. The molecule has 5 heteroatoms. The number of esters is 1. The van der Waals surface area contributed by atoms with Crippen LogP contribution in [0.4, 0.5) is 4.39 Å². The van der Waals surface area contributed by atoms with Crippen LogP contribution in [0.25, 0.3) is 0 Å². The standard InChI is InChI=1S/C17H16BrFO3/c1-3-17(20)22-15-6-4-5-14(19)12(15)10-21-16-8-7-11(2)9-13(16)18/h4-9H,3,10H2,1-2H3. The molecule has 0 aliphatic heterocycles. The number of ether oxygens (including phenoxy) is 2. The lowest BCUT2D eigenvalue weighted by Gasteiger charge is -2.13. The first kappa shape index (κ1) is 16.5. The minimum Gasteiger partial charge on any atom is -0.487 e. The first-order valence-corrected chi connectivity index (χ1v) is 7.67. The highest BCUT2D eigenvalue weighted by molar-refractivity contribution is 9.10. The Morgan fingerprint density at radius 2 is 2.00 bits per heavy atom. The van der Waals surface area contributed by atoms with Crippen LogP contribution in [0.5, 0.6) is 11.5 Å². The van der Waals surface area contributed by atoms with Crippen LogP contribution in [0.2, 0.25) is 0 Å². The van der Waals surface area contributed by atoms with Crippen molar-refractivity contribution in [1.29, 1.82) is 0 Å². The third kappa shape index (κ3) is 4.07. The Morgan fingerprint density at radius 3 is 2.68 bits per heavy atom. The summed E-state index contributed by atoms with van der Waals surface area (Å²) in [5.41, 5.74) is 1.31. The van der Waals surface area contributed by atoms with Crippen molar-refractivity contribution < 1.29 is 18.7 Å². The van der Waals surface area contributed by atoms with E-state index in [0.29, 0.717) is 5.75 Å². The van der Waals surface area contributed by atoms with E-state index in [1.807, 2.05) is 19.1 Å². The van der Waals surface area contributed by atoms with Crippen LogP contribution in [-0.2, 0) is 11.4 Å². The number of hydrogen-bond donors (Lipinski definition) is 0. The van der Waals surface area contributed by atoms with Gasteiger partial charge in [-0.15, -0.1) is 0 Å². The number of halogens is 2. The lowest BCUT2D eigenvalue weighted by atomic mass is 10.2. The normalized spacial score (nSPS) is 10.4. The molecule has 0 heterocycles. The average molecular weight is 367 g/mol. The number of carbonyl (C=O) groups excluding carboxylic acids is 1. The molecule has 0 unspecified atom stereocenters. The molecule has 0 saturated heterocycles. The maximum atomic E-state index is 14.0. The Labute approximate surface area is 137 Å². The van der Waals surface area contributed by atoms with Crippen LogP contribution < -0.4 is 9.47 Å². The summed E-state index contributed by atoms with van der Waals surface area (Å²) in [6.45, 7) is 3.62. The predicted molar refractivity (Wildman–Crippen MR) is 85.5 cm³/mol. The first-order valence-electron chi connectivity index (χ1n) is 6.88. The number of hydrogen-bond acceptors (Lipinski definition) is 3. The molecule has 0 bridgehead atoms. The SMILES string of the molecule is CCC(=O)Oc1cccc(F)c1COc1ccc(C)cc1Br. The number of aryl methyl sites for hydroxylation is 1. The molecule has 2 aromatic rings. The summed E-state index contributed by atoms with van der Waals surface area (Å²) in [7, 11) is 0. The minimum absolute atomic E-state index is 0.0271. The van der Waals surface area contributed by atoms with Gasteiger partial charge in [0.05, 0.1) is 10.0 Å². The van der Waals surface area contributed by atoms with Gasteiger partial charge in [-0.3, -0.25) is 4.79 Å². The quantitative estimate of drug-likeness (QED) is 0.563. The van der Waals surface area contributed by atoms with Crippen molar-refractivity contribution in [2.75, 3.05) is 0 Å². The van der Waals surface area contributed by atoms with Gasteiger partial charge in [-0.05, 0) is 52.7 Å². The Bertz CT molecular complexity index is 686. The van der Waals surface area contributed by atoms with Gasteiger partial charge in [0.25, 0.3) is 0 Å². The number of benzene rings is 2. The summed E-state index contributed by atoms with van der Waals surface area (Å²) in [5, 5.41) is 0. The van der Waals surface area contributed by atoms with Crippen molar-refractivity contribution in [1.82, 2.24) is 0 Å². The molecule has 0 aromatic heterocycles. The molecule has 0 atom stereocenters. The van der Waals surface area contributed by atoms with E-state index >= 15 is 0 Å². The fourth-order valence-corrected chi connectivity index (χ4v) is 2.45. The van der Waals surface area contributed by atoms with Crippen molar-refractivity contribution in [2.45, 2.75) is 26.9 Å². The van der Waals surface area contributed by atoms with E-state index in [0.717, 1.165) is 10.0 Å². The maximum absolute atomic E-state index is 14.0. The van der Waals surface area contributed by atoms with Gasteiger partial charge in [-0.25, -0.2) is 4.39 Å². The summed E-state index contributed by atoms with van der Waals surface area (Å²) in [6.07, 6.45) is 0.223. The van der Waals surface area contributed by atoms with Crippen molar-refractivity contribution in [3.05, 3.63) is 57.8 Å². The van der Waals surface area contributed by atoms with Crippen LogP contribution in [0.15, 0.2) is 40.9 Å². The minimum atomic E-state index is -0.468. The van der Waals surface area contributed by atoms with Gasteiger partial charge >= 0.3 is 5.97 Å². The van der Waals surface area contributed by atoms with Crippen LogP contribution >= 0.6 is 15.9 Å². The van der Waals surface area contributed by atoms with E-state index in [2.05, 4.69) is 15.9 Å². The lowest BCUT2D eigenvalue weighted by molar-refractivity contribution is -0.134. The zero-order chi connectivity index (χ0) is 16.1. The van der Waals surface area contributed by atoms with E-state index in [1.54, 1.807) is 19.1 Å². The van der Waals surface area contributed by atoms with Crippen molar-refractivity contribution in [2.24, 2.45) is 0 Å². The molecule has 0 fully saturated rings. The van der Waals surface area contributed by atoms with Gasteiger partial charge in [-0.1, -0.05) is 19.1 Å². The Kier molecular flexibility index (Phi) is 5.55. The van der Waals surface area contributed by atoms with Gasteiger partial charge < -0.3 is 9.47 Å². The Hall–Kier alpha value is -1.88. The van der Waals surface area contributed by atoms with E-state index in [9.17, 15) is 9.18 Å². The van der Waals surface area contributed by atoms with E-state index in [4.69, 9.17) is 9.47 Å². The van der Waals surface area contributed by atoms with Crippen LogP contribution in [0, 0.1) is 12.7 Å². The second kappa shape index (κ2) is 7.40. The fourth-order valence-electron chi connectivity index (χ4n) is 1.84. The highest BCUT2D eigenvalue weighted by atomic mass is 79.9. The highest BCUT2D eigenvalue weighted by Crippen LogP contribution is 2.29. The topological polar surface area (TPSA) is 35.5 Å². The molecule has 22 heavy (non-hydrogen) atoms. The lowest BCUT2D eigenvalue weighted by Crippen LogP contribution is -2.10. The Morgan fingerprint density at radius 1 is 1.23 bits per heavy atom. The fraction of sp³-hybridized carbons (Fsp3) is 0.235. The molecule has 0 spiro atoms. The smallest absolute Gasteiger partial charge is 0.310 e. The number of rotatable bonds is 5. The second-order valence-corrected chi connectivity index (χ2v) is 5.62. The van der Waals surface area contributed by atoms with Crippen molar-refractivity contribution >= 4 is 21.9 Å². The zero-order valence-corrected chi connectivity index (χ0v) is 13.9. The largest absolute Gasteiger partial charge is 0.487 e. The maximum Gasteiger partial charge on any atom is 0.310 e. The molecule has 2 aromatic carbocycles. The summed E-state index contributed by atoms with van der Waals surface area (Å²) in [5.74, 6) is -0.0929. The monoisotopic (exact) mass is 366 g/mol. The summed E-state index contributed by atoms with van der Waals surface area (Å²) in [4.78, 5) is 11.4. The summed E-state index contributed by atoms with van der Waals surface area (Å²) >= 11 is 3.41. The molecule has 0 N–H and O–H groups in total. The van der Waals surface area contributed by atoms with E-state index < -0.39 is 11.8 Å². The molecular weight excluding hydrogens is 351 g/mol. The van der Waals surface area contributed by atoms with Gasteiger partial charge in [0.1, 0.15) is 23.9 Å². The second-order valence-electron chi connectivity index (χ2n) is 4.77. The summed E-state index contributed by atoms with van der Waals surface area (Å²) < 4.78 is 25.6. The molecule has 3 nitrogen and oxygen atoms in total. The third-order valence-electron chi connectivity index (χ3n) is 3.05. The van der Waals surface area contributed by atoms with Gasteiger partial charge in [-0.2, -0.15) is 0 Å². The highest BCUT2D eigenvalue weighted by Gasteiger charge is 2.14. The van der Waals surface area contributed by atoms with E-state index in [-0.39, 0.29) is 24.3 Å². The van der Waals surface area contributed by atoms with E-state index in [1.165, 1.54) is 12.1 Å². The molecular formula is C17H16BrFO3. The van der Waals surface area contributed by atoms with Crippen molar-refractivity contribution in [3.8, 4) is 11.5 Å². The molecule has 0 saturated carbocycles. The molecule has 2 rings (SSSR count). The Balaban J connectivity index is 2.19. The van der Waals surface area contributed by atoms with Gasteiger partial charge in [0.15, 0.2) is 0 Å². The van der Waals surface area contributed by atoms with Crippen molar-refractivity contribution in [3.63, 3.8) is 0 Å². The van der Waals surface area contributed by atoms with Crippen LogP contribution in [0.1, 0.15) is 24.5 Å².